The van der Waals surface area contributed by atoms with Crippen LogP contribution < -0.4 is 4.68 Å². The zero-order valence-electron chi connectivity index (χ0n) is 14.5. The van der Waals surface area contributed by atoms with Gasteiger partial charge in [0.15, 0.2) is 18.8 Å². The summed E-state index contributed by atoms with van der Waals surface area (Å²) in [5.74, 6) is 0. The van der Waals surface area contributed by atoms with Crippen molar-refractivity contribution in [1.29, 1.82) is 0 Å². The van der Waals surface area contributed by atoms with E-state index in [0.29, 0.717) is 6.04 Å². The SMILES string of the molecule is CC.CC.c1cc2c3c(c1)C[n+]1cccn1[C@H]3c1cccn1C2. The number of fused-ring (bicyclic) bond motifs is 4. The number of benzene rings is 1. The number of aromatic nitrogens is 3. The lowest BCUT2D eigenvalue weighted by Gasteiger charge is -2.31. The van der Waals surface area contributed by atoms with Gasteiger partial charge in [-0.1, -0.05) is 45.9 Å². The lowest BCUT2D eigenvalue weighted by Crippen LogP contribution is -2.50. The second kappa shape index (κ2) is 6.45. The topological polar surface area (TPSA) is 13.7 Å². The van der Waals surface area contributed by atoms with E-state index >= 15 is 0 Å². The highest BCUT2D eigenvalue weighted by Crippen LogP contribution is 2.37. The molecule has 120 valence electrons. The van der Waals surface area contributed by atoms with Crippen LogP contribution in [0.2, 0.25) is 0 Å². The van der Waals surface area contributed by atoms with E-state index in [9.17, 15) is 0 Å². The quantitative estimate of drug-likeness (QED) is 0.384. The molecule has 23 heavy (non-hydrogen) atoms. The van der Waals surface area contributed by atoms with Crippen LogP contribution >= 0.6 is 0 Å². The van der Waals surface area contributed by atoms with E-state index in [2.05, 4.69) is 68.9 Å². The summed E-state index contributed by atoms with van der Waals surface area (Å²) in [7, 11) is 0. The van der Waals surface area contributed by atoms with Gasteiger partial charge in [-0.3, -0.25) is 0 Å². The fourth-order valence-corrected chi connectivity index (χ4v) is 3.64. The lowest BCUT2D eigenvalue weighted by atomic mass is 9.89. The van der Waals surface area contributed by atoms with E-state index in [1.165, 1.54) is 22.4 Å². The highest BCUT2D eigenvalue weighted by molar-refractivity contribution is 5.45. The molecule has 2 aliphatic heterocycles. The summed E-state index contributed by atoms with van der Waals surface area (Å²) < 4.78 is 7.03. The standard InChI is InChI=1S/C16H14N3.2C2H6/c1-4-12-10-17-7-2-6-14(17)16-15(12)13(5-1)11-18-8-3-9-19(16)18;2*1-2/h1-9,16H,10-11H2;2*1-2H3/q+1;;/t16-;;/m0../s1. The smallest absolute Gasteiger partial charge is 0.197 e. The highest BCUT2D eigenvalue weighted by Gasteiger charge is 2.36. The van der Waals surface area contributed by atoms with Crippen LogP contribution in [0.1, 0.15) is 56.1 Å². The Morgan fingerprint density at radius 2 is 1.70 bits per heavy atom. The van der Waals surface area contributed by atoms with Gasteiger partial charge in [0.25, 0.3) is 0 Å². The molecule has 0 saturated carbocycles. The Bertz CT molecular complexity index is 732. The summed E-state index contributed by atoms with van der Waals surface area (Å²) in [5, 5.41) is 0. The second-order valence-electron chi connectivity index (χ2n) is 5.42. The molecule has 0 aliphatic carbocycles. The molecule has 3 nitrogen and oxygen atoms in total. The average Bonchev–Trinajstić information content (AvgIpc) is 3.27. The largest absolute Gasteiger partial charge is 0.345 e. The Balaban J connectivity index is 0.000000365. The fourth-order valence-electron chi connectivity index (χ4n) is 3.64. The maximum absolute atomic E-state index is 2.37. The first-order valence-electron chi connectivity index (χ1n) is 8.74. The van der Waals surface area contributed by atoms with E-state index in [1.54, 1.807) is 0 Å². The molecule has 0 spiro atoms. The fraction of sp³-hybridized carbons (Fsp3) is 0.350. The Morgan fingerprint density at radius 3 is 2.52 bits per heavy atom. The summed E-state index contributed by atoms with van der Waals surface area (Å²) in [6, 6.07) is 13.6. The van der Waals surface area contributed by atoms with Crippen molar-refractivity contribution in [3.05, 3.63) is 77.4 Å². The van der Waals surface area contributed by atoms with E-state index in [0.717, 1.165) is 13.1 Å². The van der Waals surface area contributed by atoms with Crippen LogP contribution in [0.25, 0.3) is 0 Å². The molecule has 5 rings (SSSR count). The van der Waals surface area contributed by atoms with Crippen LogP contribution in [0.3, 0.4) is 0 Å². The van der Waals surface area contributed by atoms with Crippen molar-refractivity contribution in [2.75, 3.05) is 0 Å². The van der Waals surface area contributed by atoms with Crippen molar-refractivity contribution in [2.45, 2.75) is 46.8 Å². The summed E-state index contributed by atoms with van der Waals surface area (Å²) in [4.78, 5) is 0. The highest BCUT2D eigenvalue weighted by atomic mass is 15.4. The van der Waals surface area contributed by atoms with Crippen LogP contribution in [0.4, 0.5) is 0 Å². The van der Waals surface area contributed by atoms with Crippen LogP contribution in [-0.2, 0) is 13.1 Å². The predicted molar refractivity (Wildman–Crippen MR) is 93.6 cm³/mol. The van der Waals surface area contributed by atoms with Crippen molar-refractivity contribution < 1.29 is 4.68 Å². The first-order chi connectivity index (χ1) is 11.4. The minimum atomic E-state index is 0.332. The molecule has 2 aromatic heterocycles. The van der Waals surface area contributed by atoms with Crippen molar-refractivity contribution >= 4 is 0 Å². The molecule has 2 aliphatic rings. The van der Waals surface area contributed by atoms with Gasteiger partial charge < -0.3 is 4.57 Å². The minimum absolute atomic E-state index is 0.332. The molecular formula is C20H26N3+. The number of hydrogen-bond donors (Lipinski definition) is 0. The van der Waals surface area contributed by atoms with E-state index < -0.39 is 0 Å². The van der Waals surface area contributed by atoms with Gasteiger partial charge in [-0.15, -0.1) is 9.36 Å². The zero-order valence-corrected chi connectivity index (χ0v) is 14.5. The first-order valence-corrected chi connectivity index (χ1v) is 8.74. The molecule has 0 fully saturated rings. The third kappa shape index (κ3) is 2.31. The molecule has 1 aromatic carbocycles. The van der Waals surface area contributed by atoms with Gasteiger partial charge in [0.05, 0.1) is 11.9 Å². The summed E-state index contributed by atoms with van der Waals surface area (Å²) in [5.41, 5.74) is 5.84. The monoisotopic (exact) mass is 308 g/mol. The molecule has 0 amide bonds. The molecular weight excluding hydrogens is 282 g/mol. The van der Waals surface area contributed by atoms with Gasteiger partial charge >= 0.3 is 0 Å². The third-order valence-electron chi connectivity index (χ3n) is 4.44. The average molecular weight is 308 g/mol. The van der Waals surface area contributed by atoms with Crippen molar-refractivity contribution in [1.82, 2.24) is 9.25 Å². The molecule has 1 atom stereocenters. The minimum Gasteiger partial charge on any atom is -0.345 e. The summed E-state index contributed by atoms with van der Waals surface area (Å²) in [6.45, 7) is 9.98. The molecule has 0 radical (unpaired) electrons. The molecule has 0 N–H and O–H groups in total. The maximum Gasteiger partial charge on any atom is 0.197 e. The summed E-state index contributed by atoms with van der Waals surface area (Å²) in [6.07, 6.45) is 6.54. The predicted octanol–water partition coefficient (Wildman–Crippen LogP) is 3.99. The third-order valence-corrected chi connectivity index (χ3v) is 4.44. The number of nitrogens with zero attached hydrogens (tertiary/aromatic N) is 3. The Morgan fingerprint density at radius 1 is 0.913 bits per heavy atom. The molecule has 4 heterocycles. The Hall–Kier alpha value is -2.29. The number of rotatable bonds is 0. The van der Waals surface area contributed by atoms with E-state index in [4.69, 9.17) is 0 Å². The van der Waals surface area contributed by atoms with Gasteiger partial charge in [0, 0.05) is 29.9 Å². The van der Waals surface area contributed by atoms with E-state index in [1.807, 2.05) is 27.7 Å². The van der Waals surface area contributed by atoms with Crippen molar-refractivity contribution in [3.63, 3.8) is 0 Å². The van der Waals surface area contributed by atoms with Gasteiger partial charge in [0.2, 0.25) is 0 Å². The molecule has 0 saturated heterocycles. The van der Waals surface area contributed by atoms with E-state index in [-0.39, 0.29) is 0 Å². The lowest BCUT2D eigenvalue weighted by molar-refractivity contribution is -0.772. The van der Waals surface area contributed by atoms with Gasteiger partial charge in [0.1, 0.15) is 0 Å². The molecule has 0 unspecified atom stereocenters. The van der Waals surface area contributed by atoms with Gasteiger partial charge in [-0.2, -0.15) is 0 Å². The molecule has 0 bridgehead atoms. The van der Waals surface area contributed by atoms with Gasteiger partial charge in [-0.25, -0.2) is 0 Å². The van der Waals surface area contributed by atoms with Gasteiger partial charge in [-0.05, 0) is 17.7 Å². The second-order valence-corrected chi connectivity index (χ2v) is 5.42. The Labute approximate surface area is 138 Å². The van der Waals surface area contributed by atoms with Crippen LogP contribution in [0, 0.1) is 0 Å². The van der Waals surface area contributed by atoms with Crippen LogP contribution in [-0.4, -0.2) is 9.25 Å². The summed E-state index contributed by atoms with van der Waals surface area (Å²) >= 11 is 0. The van der Waals surface area contributed by atoms with Crippen molar-refractivity contribution in [3.8, 4) is 0 Å². The maximum atomic E-state index is 2.37. The molecule has 3 heteroatoms. The Kier molecular flexibility index (Phi) is 4.37. The first kappa shape index (κ1) is 15.6. The number of hydrogen-bond acceptors (Lipinski definition) is 0. The van der Waals surface area contributed by atoms with Crippen LogP contribution in [0.5, 0.6) is 0 Å². The molecule has 3 aromatic rings. The van der Waals surface area contributed by atoms with Crippen molar-refractivity contribution in [2.24, 2.45) is 0 Å². The normalized spacial score (nSPS) is 15.9. The zero-order chi connectivity index (χ0) is 16.4. The van der Waals surface area contributed by atoms with Crippen LogP contribution in [0.15, 0.2) is 55.0 Å².